The molecule has 0 radical (unpaired) electrons. The summed E-state index contributed by atoms with van der Waals surface area (Å²) in [6.07, 6.45) is 0.299. The Morgan fingerprint density at radius 3 is 2.67 bits per heavy atom. The van der Waals surface area contributed by atoms with Gasteiger partial charge in [0.05, 0.1) is 7.11 Å². The van der Waals surface area contributed by atoms with Gasteiger partial charge in [0, 0.05) is 35.8 Å². The van der Waals surface area contributed by atoms with Crippen LogP contribution in [0.25, 0.3) is 0 Å². The van der Waals surface area contributed by atoms with Gasteiger partial charge < -0.3 is 20.1 Å². The van der Waals surface area contributed by atoms with Gasteiger partial charge in [0.15, 0.2) is 0 Å². The number of ether oxygens (including phenoxy) is 2. The normalized spacial score (nSPS) is 15.7. The van der Waals surface area contributed by atoms with Crippen molar-refractivity contribution in [3.05, 3.63) is 52.0 Å². The molecule has 1 aliphatic rings. The number of methoxy groups -OCH3 is 2. The van der Waals surface area contributed by atoms with Crippen LogP contribution < -0.4 is 15.4 Å². The van der Waals surface area contributed by atoms with Gasteiger partial charge >= 0.3 is 0 Å². The molecule has 1 atom stereocenters. The van der Waals surface area contributed by atoms with E-state index in [0.717, 1.165) is 16.7 Å². The molecule has 0 spiro atoms. The van der Waals surface area contributed by atoms with Crippen molar-refractivity contribution < 1.29 is 19.1 Å². The van der Waals surface area contributed by atoms with Gasteiger partial charge in [-0.25, -0.2) is 0 Å². The van der Waals surface area contributed by atoms with Crippen molar-refractivity contribution in [2.24, 2.45) is 0 Å². The molecule has 1 aliphatic heterocycles. The van der Waals surface area contributed by atoms with Crippen LogP contribution in [0.4, 0.5) is 11.4 Å². The van der Waals surface area contributed by atoms with E-state index in [-0.39, 0.29) is 24.3 Å². The van der Waals surface area contributed by atoms with Crippen molar-refractivity contribution in [2.45, 2.75) is 19.3 Å². The summed E-state index contributed by atoms with van der Waals surface area (Å²) in [5, 5.41) is 6.28. The standard InChI is InChI=1S/C20H21ClN2O4/c1-11-17(22-19(25)10-26-2)7-6-14-15(9-18(24)23-20(11)14)13-5-4-12(27-3)8-16(13)21/h4-8,15H,9-10H2,1-3H3,(H,22,25)(H,23,24). The van der Waals surface area contributed by atoms with E-state index in [1.807, 2.05) is 31.2 Å². The fraction of sp³-hybridized carbons (Fsp3) is 0.300. The Hall–Kier alpha value is -2.57. The van der Waals surface area contributed by atoms with E-state index in [2.05, 4.69) is 10.6 Å². The minimum atomic E-state index is -0.252. The zero-order valence-corrected chi connectivity index (χ0v) is 16.1. The molecule has 2 amide bonds. The fourth-order valence-corrected chi connectivity index (χ4v) is 3.62. The molecule has 142 valence electrons. The van der Waals surface area contributed by atoms with Crippen LogP contribution in [0.3, 0.4) is 0 Å². The third-order valence-corrected chi connectivity index (χ3v) is 4.99. The second-order valence-corrected chi connectivity index (χ2v) is 6.78. The van der Waals surface area contributed by atoms with Gasteiger partial charge in [0.1, 0.15) is 12.4 Å². The highest BCUT2D eigenvalue weighted by Gasteiger charge is 2.30. The number of hydrogen-bond acceptors (Lipinski definition) is 4. The Morgan fingerprint density at radius 1 is 1.26 bits per heavy atom. The van der Waals surface area contributed by atoms with E-state index < -0.39 is 0 Å². The topological polar surface area (TPSA) is 76.7 Å². The largest absolute Gasteiger partial charge is 0.497 e. The molecule has 2 aromatic carbocycles. The molecule has 6 nitrogen and oxygen atoms in total. The molecule has 1 heterocycles. The molecule has 7 heteroatoms. The first-order valence-corrected chi connectivity index (χ1v) is 8.88. The van der Waals surface area contributed by atoms with Crippen molar-refractivity contribution >= 4 is 34.8 Å². The maximum atomic E-state index is 12.3. The van der Waals surface area contributed by atoms with Gasteiger partial charge in [0.2, 0.25) is 11.8 Å². The van der Waals surface area contributed by atoms with E-state index in [1.54, 1.807) is 13.2 Å². The molecule has 0 fully saturated rings. The molecule has 2 aromatic rings. The van der Waals surface area contributed by atoms with Crippen LogP contribution >= 0.6 is 11.6 Å². The molecule has 0 saturated carbocycles. The monoisotopic (exact) mass is 388 g/mol. The third kappa shape index (κ3) is 3.91. The predicted octanol–water partition coefficient (Wildman–Crippen LogP) is 3.72. The average molecular weight is 389 g/mol. The number of nitrogens with one attached hydrogen (secondary N) is 2. The lowest BCUT2D eigenvalue weighted by molar-refractivity contribution is -0.119. The highest BCUT2D eigenvalue weighted by molar-refractivity contribution is 6.31. The molecule has 3 rings (SSSR count). The quantitative estimate of drug-likeness (QED) is 0.818. The summed E-state index contributed by atoms with van der Waals surface area (Å²) in [6, 6.07) is 9.21. The van der Waals surface area contributed by atoms with Crippen LogP contribution in [-0.2, 0) is 14.3 Å². The first-order valence-electron chi connectivity index (χ1n) is 8.50. The fourth-order valence-electron chi connectivity index (χ4n) is 3.32. The third-order valence-electron chi connectivity index (χ3n) is 4.66. The minimum absolute atomic E-state index is 0.0348. The SMILES string of the molecule is COCC(=O)Nc1ccc2c(c1C)NC(=O)CC2c1ccc(OC)cc1Cl. The molecule has 2 N–H and O–H groups in total. The molecule has 0 aromatic heterocycles. The highest BCUT2D eigenvalue weighted by Crippen LogP contribution is 2.43. The Labute approximate surface area is 162 Å². The van der Waals surface area contributed by atoms with Crippen molar-refractivity contribution in [1.29, 1.82) is 0 Å². The number of benzene rings is 2. The van der Waals surface area contributed by atoms with Gasteiger partial charge in [-0.2, -0.15) is 0 Å². The summed E-state index contributed by atoms with van der Waals surface area (Å²) >= 11 is 6.45. The van der Waals surface area contributed by atoms with Crippen LogP contribution in [0.15, 0.2) is 30.3 Å². The van der Waals surface area contributed by atoms with Gasteiger partial charge in [0.25, 0.3) is 0 Å². The lowest BCUT2D eigenvalue weighted by Gasteiger charge is -2.29. The van der Waals surface area contributed by atoms with Gasteiger partial charge in [-0.1, -0.05) is 23.7 Å². The summed E-state index contributed by atoms with van der Waals surface area (Å²) in [6.45, 7) is 1.83. The van der Waals surface area contributed by atoms with E-state index in [4.69, 9.17) is 21.1 Å². The Kier molecular flexibility index (Phi) is 5.68. The smallest absolute Gasteiger partial charge is 0.250 e. The summed E-state index contributed by atoms with van der Waals surface area (Å²) in [7, 11) is 3.04. The summed E-state index contributed by atoms with van der Waals surface area (Å²) in [5.74, 6) is 0.145. The number of amides is 2. The zero-order chi connectivity index (χ0) is 19.6. The number of rotatable bonds is 5. The molecule has 0 bridgehead atoms. The average Bonchev–Trinajstić information content (AvgIpc) is 2.64. The molecule has 0 aliphatic carbocycles. The second kappa shape index (κ2) is 7.98. The maximum absolute atomic E-state index is 12.3. The van der Waals surface area contributed by atoms with Gasteiger partial charge in [-0.3, -0.25) is 9.59 Å². The summed E-state index contributed by atoms with van der Waals surface area (Å²) < 4.78 is 10.1. The van der Waals surface area contributed by atoms with E-state index in [1.165, 1.54) is 7.11 Å². The lowest BCUT2D eigenvalue weighted by Crippen LogP contribution is -2.25. The molecular formula is C20H21ClN2O4. The van der Waals surface area contributed by atoms with E-state index in [0.29, 0.717) is 28.6 Å². The molecule has 0 saturated heterocycles. The summed E-state index contributed by atoms with van der Waals surface area (Å²) in [5.41, 5.74) is 3.96. The number of halogens is 1. The molecule has 27 heavy (non-hydrogen) atoms. The predicted molar refractivity (Wildman–Crippen MR) is 105 cm³/mol. The van der Waals surface area contributed by atoms with Gasteiger partial charge in [-0.05, 0) is 41.8 Å². The Balaban J connectivity index is 2.01. The number of carbonyl (C=O) groups is 2. The molecule has 1 unspecified atom stereocenters. The van der Waals surface area contributed by atoms with E-state index in [9.17, 15) is 9.59 Å². The molecular weight excluding hydrogens is 368 g/mol. The van der Waals surface area contributed by atoms with Crippen molar-refractivity contribution in [3.8, 4) is 5.75 Å². The Morgan fingerprint density at radius 2 is 2.00 bits per heavy atom. The number of carbonyl (C=O) groups excluding carboxylic acids is 2. The number of anilines is 2. The van der Waals surface area contributed by atoms with Crippen LogP contribution in [0.2, 0.25) is 5.02 Å². The highest BCUT2D eigenvalue weighted by atomic mass is 35.5. The van der Waals surface area contributed by atoms with Crippen LogP contribution in [-0.4, -0.2) is 32.6 Å². The first kappa shape index (κ1) is 19.2. The van der Waals surface area contributed by atoms with Crippen LogP contribution in [0.5, 0.6) is 5.75 Å². The van der Waals surface area contributed by atoms with Crippen molar-refractivity contribution in [2.75, 3.05) is 31.5 Å². The zero-order valence-electron chi connectivity index (χ0n) is 15.4. The van der Waals surface area contributed by atoms with Crippen molar-refractivity contribution in [1.82, 2.24) is 0 Å². The van der Waals surface area contributed by atoms with Gasteiger partial charge in [-0.15, -0.1) is 0 Å². The van der Waals surface area contributed by atoms with Crippen LogP contribution in [0, 0.1) is 6.92 Å². The minimum Gasteiger partial charge on any atom is -0.497 e. The van der Waals surface area contributed by atoms with E-state index >= 15 is 0 Å². The summed E-state index contributed by atoms with van der Waals surface area (Å²) in [4.78, 5) is 24.2. The maximum Gasteiger partial charge on any atom is 0.250 e. The van der Waals surface area contributed by atoms with Crippen molar-refractivity contribution in [3.63, 3.8) is 0 Å². The lowest BCUT2D eigenvalue weighted by atomic mass is 9.83. The van der Waals surface area contributed by atoms with Crippen LogP contribution in [0.1, 0.15) is 29.0 Å². The second-order valence-electron chi connectivity index (χ2n) is 6.38. The Bertz CT molecular complexity index is 898. The number of fused-ring (bicyclic) bond motifs is 1. The first-order chi connectivity index (χ1) is 12.9. The number of hydrogen-bond donors (Lipinski definition) is 2.